The van der Waals surface area contributed by atoms with Crippen LogP contribution in [0.25, 0.3) is 0 Å². The lowest BCUT2D eigenvalue weighted by molar-refractivity contribution is 0.0849. The van der Waals surface area contributed by atoms with E-state index in [0.29, 0.717) is 25.2 Å². The minimum absolute atomic E-state index is 0.126. The van der Waals surface area contributed by atoms with E-state index in [9.17, 15) is 14.4 Å². The van der Waals surface area contributed by atoms with Crippen molar-refractivity contribution in [3.05, 3.63) is 57.8 Å². The molecule has 6 nitrogen and oxygen atoms in total. The Morgan fingerprint density at radius 2 is 2.07 bits per heavy atom. The topological polar surface area (TPSA) is 78.5 Å². The Labute approximate surface area is 162 Å². The van der Waals surface area contributed by atoms with Crippen LogP contribution < -0.4 is 10.6 Å². The molecule has 2 N–H and O–H groups in total. The van der Waals surface area contributed by atoms with Crippen molar-refractivity contribution < 1.29 is 14.4 Å². The molecule has 1 aromatic carbocycles. The van der Waals surface area contributed by atoms with Crippen LogP contribution in [0.4, 0.5) is 4.79 Å². The number of Topliss-reactive ketones (excluding diaryl/α,β-unsaturated/α-hetero) is 1. The van der Waals surface area contributed by atoms with E-state index in [2.05, 4.69) is 10.6 Å². The van der Waals surface area contributed by atoms with Gasteiger partial charge >= 0.3 is 6.03 Å². The van der Waals surface area contributed by atoms with Crippen molar-refractivity contribution in [1.82, 2.24) is 15.5 Å². The average molecular weight is 385 g/mol. The number of amides is 3. The fourth-order valence-electron chi connectivity index (χ4n) is 3.25. The number of urea groups is 1. The molecule has 3 rings (SSSR count). The first-order chi connectivity index (χ1) is 13.1. The van der Waals surface area contributed by atoms with Crippen molar-refractivity contribution in [1.29, 1.82) is 0 Å². The van der Waals surface area contributed by atoms with Gasteiger partial charge in [0, 0.05) is 38.2 Å². The number of carbonyl (C=O) groups excluding carboxylic acids is 3. The molecule has 1 saturated heterocycles. The summed E-state index contributed by atoms with van der Waals surface area (Å²) in [6, 6.07) is 10.7. The molecule has 2 aromatic rings. The zero-order chi connectivity index (χ0) is 19.2. The summed E-state index contributed by atoms with van der Waals surface area (Å²) in [6.07, 6.45) is 1.63. The van der Waals surface area contributed by atoms with Crippen LogP contribution in [0.2, 0.25) is 0 Å². The number of nitrogens with zero attached hydrogens (tertiary/aromatic N) is 1. The van der Waals surface area contributed by atoms with Crippen LogP contribution in [0.5, 0.6) is 0 Å². The van der Waals surface area contributed by atoms with E-state index in [4.69, 9.17) is 0 Å². The Morgan fingerprint density at radius 3 is 2.81 bits per heavy atom. The number of hydrogen-bond acceptors (Lipinski definition) is 4. The molecule has 2 heterocycles. The molecule has 142 valence electrons. The minimum atomic E-state index is -0.177. The first kappa shape index (κ1) is 19.1. The predicted octanol–water partition coefficient (Wildman–Crippen LogP) is 2.91. The summed E-state index contributed by atoms with van der Waals surface area (Å²) in [7, 11) is 1.58. The Bertz CT molecular complexity index is 820. The van der Waals surface area contributed by atoms with Crippen molar-refractivity contribution in [2.45, 2.75) is 19.4 Å². The lowest BCUT2D eigenvalue weighted by Gasteiger charge is -2.31. The van der Waals surface area contributed by atoms with Crippen molar-refractivity contribution in [3.8, 4) is 0 Å². The molecule has 1 aliphatic rings. The highest BCUT2D eigenvalue weighted by Gasteiger charge is 2.29. The van der Waals surface area contributed by atoms with E-state index in [1.807, 2.05) is 23.6 Å². The van der Waals surface area contributed by atoms with Crippen LogP contribution in [0, 0.1) is 5.92 Å². The maximum Gasteiger partial charge on any atom is 0.317 e. The third-order valence-electron chi connectivity index (χ3n) is 4.70. The van der Waals surface area contributed by atoms with Gasteiger partial charge in [-0.3, -0.25) is 9.59 Å². The summed E-state index contributed by atoms with van der Waals surface area (Å²) in [5, 5.41) is 7.38. The molecule has 1 fully saturated rings. The second kappa shape index (κ2) is 8.81. The number of thiophene rings is 1. The van der Waals surface area contributed by atoms with E-state index in [-0.39, 0.29) is 23.6 Å². The summed E-state index contributed by atoms with van der Waals surface area (Å²) in [5.74, 6) is -0.172. The SMILES string of the molecule is CNC(=O)c1cccc(CNC(=O)N2CCC[C@H](C(=O)c3cccs3)C2)c1. The number of ketones is 1. The summed E-state index contributed by atoms with van der Waals surface area (Å²) >= 11 is 1.45. The van der Waals surface area contributed by atoms with Gasteiger partial charge < -0.3 is 15.5 Å². The summed E-state index contributed by atoms with van der Waals surface area (Å²) in [6.45, 7) is 1.43. The molecule has 27 heavy (non-hydrogen) atoms. The van der Waals surface area contributed by atoms with Crippen LogP contribution in [-0.4, -0.2) is 42.8 Å². The van der Waals surface area contributed by atoms with Crippen LogP contribution in [0.15, 0.2) is 41.8 Å². The van der Waals surface area contributed by atoms with Gasteiger partial charge in [0.2, 0.25) is 0 Å². The van der Waals surface area contributed by atoms with Gasteiger partial charge in [-0.1, -0.05) is 18.2 Å². The largest absolute Gasteiger partial charge is 0.355 e. The molecule has 0 aliphatic carbocycles. The van der Waals surface area contributed by atoms with Gasteiger partial charge in [0.25, 0.3) is 5.91 Å². The van der Waals surface area contributed by atoms with E-state index < -0.39 is 0 Å². The summed E-state index contributed by atoms with van der Waals surface area (Å²) < 4.78 is 0. The van der Waals surface area contributed by atoms with Gasteiger partial charge in [-0.2, -0.15) is 0 Å². The van der Waals surface area contributed by atoms with Gasteiger partial charge in [-0.25, -0.2) is 4.79 Å². The number of hydrogen-bond donors (Lipinski definition) is 2. The maximum absolute atomic E-state index is 12.6. The Balaban J connectivity index is 1.56. The fraction of sp³-hybridized carbons (Fsp3) is 0.350. The van der Waals surface area contributed by atoms with Crippen molar-refractivity contribution in [2.75, 3.05) is 20.1 Å². The first-order valence-corrected chi connectivity index (χ1v) is 9.88. The van der Waals surface area contributed by atoms with E-state index in [1.54, 1.807) is 30.1 Å². The Hall–Kier alpha value is -2.67. The molecule has 0 radical (unpaired) electrons. The Morgan fingerprint density at radius 1 is 1.22 bits per heavy atom. The molecular weight excluding hydrogens is 362 g/mol. The molecule has 1 aromatic heterocycles. The molecule has 0 unspecified atom stereocenters. The maximum atomic E-state index is 12.6. The van der Waals surface area contributed by atoms with Crippen molar-refractivity contribution >= 4 is 29.1 Å². The van der Waals surface area contributed by atoms with Crippen molar-refractivity contribution in [2.24, 2.45) is 5.92 Å². The van der Waals surface area contributed by atoms with Crippen LogP contribution in [0.1, 0.15) is 38.4 Å². The monoisotopic (exact) mass is 385 g/mol. The zero-order valence-corrected chi connectivity index (χ0v) is 16.1. The fourth-order valence-corrected chi connectivity index (χ4v) is 4.00. The zero-order valence-electron chi connectivity index (χ0n) is 15.2. The minimum Gasteiger partial charge on any atom is -0.355 e. The highest BCUT2D eigenvalue weighted by molar-refractivity contribution is 7.12. The number of piperidine rings is 1. The number of benzene rings is 1. The first-order valence-electron chi connectivity index (χ1n) is 9.00. The molecule has 0 bridgehead atoms. The normalized spacial score (nSPS) is 16.6. The van der Waals surface area contributed by atoms with Gasteiger partial charge in [0.15, 0.2) is 5.78 Å². The summed E-state index contributed by atoms with van der Waals surface area (Å²) in [4.78, 5) is 39.3. The summed E-state index contributed by atoms with van der Waals surface area (Å²) in [5.41, 5.74) is 1.41. The number of nitrogens with one attached hydrogen (secondary N) is 2. The molecular formula is C20H23N3O3S. The average Bonchev–Trinajstić information content (AvgIpc) is 3.26. The quantitative estimate of drug-likeness (QED) is 0.777. The number of likely N-dealkylation sites (tertiary alicyclic amines) is 1. The number of rotatable bonds is 5. The lowest BCUT2D eigenvalue weighted by Crippen LogP contribution is -2.46. The van der Waals surface area contributed by atoms with E-state index >= 15 is 0 Å². The lowest BCUT2D eigenvalue weighted by atomic mass is 9.93. The molecule has 1 atom stereocenters. The van der Waals surface area contributed by atoms with Crippen LogP contribution in [0.3, 0.4) is 0 Å². The predicted molar refractivity (Wildman–Crippen MR) is 105 cm³/mol. The highest BCUT2D eigenvalue weighted by atomic mass is 32.1. The third kappa shape index (κ3) is 4.74. The van der Waals surface area contributed by atoms with Gasteiger partial charge in [-0.15, -0.1) is 11.3 Å². The molecule has 1 aliphatic heterocycles. The van der Waals surface area contributed by atoms with Crippen molar-refractivity contribution in [3.63, 3.8) is 0 Å². The van der Waals surface area contributed by atoms with Crippen LogP contribution >= 0.6 is 11.3 Å². The number of carbonyl (C=O) groups is 3. The molecule has 0 spiro atoms. The highest BCUT2D eigenvalue weighted by Crippen LogP contribution is 2.23. The molecule has 7 heteroatoms. The molecule has 3 amide bonds. The Kier molecular flexibility index (Phi) is 6.24. The second-order valence-electron chi connectivity index (χ2n) is 6.56. The standard InChI is InChI=1S/C20H23N3O3S/c1-21-19(25)15-6-2-5-14(11-15)12-22-20(26)23-9-3-7-16(13-23)18(24)17-8-4-10-27-17/h2,4-6,8,10-11,16H,3,7,9,12-13H2,1H3,(H,21,25)(H,22,26)/t16-/m0/s1. The van der Waals surface area contributed by atoms with Gasteiger partial charge in [-0.05, 0) is 42.0 Å². The van der Waals surface area contributed by atoms with E-state index in [1.165, 1.54) is 11.3 Å². The molecule has 0 saturated carbocycles. The van der Waals surface area contributed by atoms with Gasteiger partial charge in [0.1, 0.15) is 0 Å². The van der Waals surface area contributed by atoms with Gasteiger partial charge in [0.05, 0.1) is 4.88 Å². The smallest absolute Gasteiger partial charge is 0.317 e. The second-order valence-corrected chi connectivity index (χ2v) is 7.51. The van der Waals surface area contributed by atoms with Crippen LogP contribution in [-0.2, 0) is 6.54 Å². The van der Waals surface area contributed by atoms with E-state index in [0.717, 1.165) is 23.3 Å². The third-order valence-corrected chi connectivity index (χ3v) is 5.59.